The third-order valence-corrected chi connectivity index (χ3v) is 2.97. The average molecular weight is 235 g/mol. The lowest BCUT2D eigenvalue weighted by atomic mass is 10.2. The van der Waals surface area contributed by atoms with Gasteiger partial charge in [0.25, 0.3) is 0 Å². The van der Waals surface area contributed by atoms with E-state index in [0.29, 0.717) is 24.1 Å². The van der Waals surface area contributed by atoms with E-state index < -0.39 is 5.97 Å². The number of carbonyl (C=O) groups is 1. The lowest BCUT2D eigenvalue weighted by Gasteiger charge is -2.16. The monoisotopic (exact) mass is 235 g/mol. The smallest absolute Gasteiger partial charge is 0.338 e. The Labute approximate surface area is 99.9 Å². The number of ether oxygens (including phenoxy) is 1. The molecule has 5 nitrogen and oxygen atoms in total. The Balaban J connectivity index is 2.02. The first kappa shape index (κ1) is 11.9. The second-order valence-electron chi connectivity index (χ2n) is 4.46. The maximum atomic E-state index is 11.8. The summed E-state index contributed by atoms with van der Waals surface area (Å²) in [7, 11) is 0. The molecule has 1 aromatic rings. The van der Waals surface area contributed by atoms with Crippen LogP contribution < -0.4 is 17.2 Å². The molecule has 5 heteroatoms. The minimum absolute atomic E-state index is 0.0173. The third kappa shape index (κ3) is 2.75. The molecule has 0 saturated heterocycles. The van der Waals surface area contributed by atoms with Gasteiger partial charge in [0.15, 0.2) is 0 Å². The maximum absolute atomic E-state index is 11.8. The van der Waals surface area contributed by atoms with Crippen LogP contribution in [-0.2, 0) is 4.74 Å². The molecule has 0 heterocycles. The van der Waals surface area contributed by atoms with Gasteiger partial charge < -0.3 is 21.9 Å². The summed E-state index contributed by atoms with van der Waals surface area (Å²) in [4.78, 5) is 11.8. The minimum atomic E-state index is -0.396. The summed E-state index contributed by atoms with van der Waals surface area (Å²) in [6.45, 7) is 0. The first-order chi connectivity index (χ1) is 8.06. The van der Waals surface area contributed by atoms with E-state index in [2.05, 4.69) is 0 Å². The summed E-state index contributed by atoms with van der Waals surface area (Å²) in [6, 6.07) is 6.53. The molecular formula is C12H17N3O2. The molecule has 1 aromatic carbocycles. The van der Waals surface area contributed by atoms with Gasteiger partial charge in [-0.15, -0.1) is 0 Å². The van der Waals surface area contributed by atoms with Gasteiger partial charge in [0, 0.05) is 24.2 Å². The first-order valence-electron chi connectivity index (χ1n) is 5.64. The summed E-state index contributed by atoms with van der Waals surface area (Å²) in [5.74, 6) is -0.396. The minimum Gasteiger partial charge on any atom is -0.457 e. The molecule has 0 aromatic heterocycles. The van der Waals surface area contributed by atoms with E-state index in [0.717, 1.165) is 0 Å². The highest BCUT2D eigenvalue weighted by molar-refractivity contribution is 5.90. The Morgan fingerprint density at radius 1 is 1.29 bits per heavy atom. The van der Waals surface area contributed by atoms with E-state index >= 15 is 0 Å². The number of carbonyl (C=O) groups excluding carboxylic acids is 1. The summed E-state index contributed by atoms with van der Waals surface area (Å²) in [5.41, 5.74) is 18.2. The molecule has 0 aliphatic heterocycles. The van der Waals surface area contributed by atoms with Crippen LogP contribution in [0.25, 0.3) is 0 Å². The van der Waals surface area contributed by atoms with E-state index in [1.165, 1.54) is 0 Å². The van der Waals surface area contributed by atoms with Crippen molar-refractivity contribution in [3.05, 3.63) is 29.8 Å². The Hall–Kier alpha value is -1.59. The van der Waals surface area contributed by atoms with Crippen molar-refractivity contribution in [2.24, 2.45) is 11.5 Å². The zero-order valence-electron chi connectivity index (χ0n) is 9.50. The molecule has 0 bridgehead atoms. The molecule has 6 N–H and O–H groups in total. The van der Waals surface area contributed by atoms with Gasteiger partial charge in [-0.05, 0) is 24.6 Å². The van der Waals surface area contributed by atoms with Crippen molar-refractivity contribution in [2.45, 2.75) is 31.0 Å². The molecule has 0 unspecified atom stereocenters. The molecule has 0 spiro atoms. The molecule has 0 amide bonds. The molecule has 1 fully saturated rings. The van der Waals surface area contributed by atoms with Crippen LogP contribution in [0.5, 0.6) is 0 Å². The predicted molar refractivity (Wildman–Crippen MR) is 65.2 cm³/mol. The highest BCUT2D eigenvalue weighted by atomic mass is 16.5. The van der Waals surface area contributed by atoms with Crippen molar-refractivity contribution in [1.82, 2.24) is 0 Å². The first-order valence-corrected chi connectivity index (χ1v) is 5.64. The quantitative estimate of drug-likeness (QED) is 0.503. The van der Waals surface area contributed by atoms with Crippen molar-refractivity contribution in [1.29, 1.82) is 0 Å². The molecule has 1 aliphatic rings. The topological polar surface area (TPSA) is 104 Å². The standard InChI is InChI=1S/C12H17N3O2/c13-8-3-1-2-7(4-8)12(16)17-11-6-9(14)5-10(11)15/h1-4,9-11H,5-6,13-15H2/t9-,10+,11+/m1/s1. The SMILES string of the molecule is Nc1cccc(C(=O)O[C@H]2C[C@H](N)C[C@@H]2N)c1. The van der Waals surface area contributed by atoms with Crippen molar-refractivity contribution < 1.29 is 9.53 Å². The van der Waals surface area contributed by atoms with Crippen LogP contribution in [0, 0.1) is 0 Å². The van der Waals surface area contributed by atoms with Crippen LogP contribution in [0.3, 0.4) is 0 Å². The number of nitrogen functional groups attached to an aromatic ring is 1. The van der Waals surface area contributed by atoms with E-state index in [4.69, 9.17) is 21.9 Å². The summed E-state index contributed by atoms with van der Waals surface area (Å²) >= 11 is 0. The van der Waals surface area contributed by atoms with Gasteiger partial charge in [0.2, 0.25) is 0 Å². The van der Waals surface area contributed by atoms with Crippen molar-refractivity contribution in [3.8, 4) is 0 Å². The fraction of sp³-hybridized carbons (Fsp3) is 0.417. The Morgan fingerprint density at radius 3 is 2.65 bits per heavy atom. The normalized spacial score (nSPS) is 28.0. The lowest BCUT2D eigenvalue weighted by molar-refractivity contribution is 0.0281. The number of rotatable bonds is 2. The molecule has 92 valence electrons. The maximum Gasteiger partial charge on any atom is 0.338 e. The molecule has 1 aliphatic carbocycles. The number of benzene rings is 1. The van der Waals surface area contributed by atoms with Crippen LogP contribution in [0.4, 0.5) is 5.69 Å². The van der Waals surface area contributed by atoms with Gasteiger partial charge in [0.05, 0.1) is 5.56 Å². The third-order valence-electron chi connectivity index (χ3n) is 2.97. The fourth-order valence-electron chi connectivity index (χ4n) is 2.08. The number of esters is 1. The van der Waals surface area contributed by atoms with Gasteiger partial charge in [-0.1, -0.05) is 6.07 Å². The van der Waals surface area contributed by atoms with Crippen LogP contribution in [-0.4, -0.2) is 24.2 Å². The second-order valence-corrected chi connectivity index (χ2v) is 4.46. The van der Waals surface area contributed by atoms with Gasteiger partial charge >= 0.3 is 5.97 Å². The second kappa shape index (κ2) is 4.73. The number of anilines is 1. The number of nitrogens with two attached hydrogens (primary N) is 3. The summed E-state index contributed by atoms with van der Waals surface area (Å²) < 4.78 is 5.34. The number of hydrogen-bond acceptors (Lipinski definition) is 5. The fourth-order valence-corrected chi connectivity index (χ4v) is 2.08. The zero-order chi connectivity index (χ0) is 12.4. The van der Waals surface area contributed by atoms with Crippen molar-refractivity contribution in [3.63, 3.8) is 0 Å². The van der Waals surface area contributed by atoms with E-state index in [1.54, 1.807) is 24.3 Å². The molecule has 2 rings (SSSR count). The molecule has 17 heavy (non-hydrogen) atoms. The zero-order valence-corrected chi connectivity index (χ0v) is 9.50. The lowest BCUT2D eigenvalue weighted by Crippen LogP contribution is -2.33. The van der Waals surface area contributed by atoms with Crippen LogP contribution in [0.2, 0.25) is 0 Å². The number of hydrogen-bond donors (Lipinski definition) is 3. The Morgan fingerprint density at radius 2 is 2.06 bits per heavy atom. The average Bonchev–Trinajstić information content (AvgIpc) is 2.57. The summed E-state index contributed by atoms with van der Waals surface area (Å²) in [6.07, 6.45) is 1.02. The Bertz CT molecular complexity index is 422. The van der Waals surface area contributed by atoms with Crippen LogP contribution in [0.15, 0.2) is 24.3 Å². The Kier molecular flexibility index (Phi) is 3.31. The van der Waals surface area contributed by atoms with Gasteiger partial charge in [-0.3, -0.25) is 0 Å². The van der Waals surface area contributed by atoms with E-state index in [1.807, 2.05) is 0 Å². The molecule has 3 atom stereocenters. The predicted octanol–water partition coefficient (Wildman–Crippen LogP) is 0.243. The highest BCUT2D eigenvalue weighted by Crippen LogP contribution is 2.21. The van der Waals surface area contributed by atoms with Gasteiger partial charge in [-0.25, -0.2) is 4.79 Å². The summed E-state index contributed by atoms with van der Waals surface area (Å²) in [5, 5.41) is 0. The highest BCUT2D eigenvalue weighted by Gasteiger charge is 2.32. The molecule has 0 radical (unpaired) electrons. The van der Waals surface area contributed by atoms with Crippen LogP contribution >= 0.6 is 0 Å². The van der Waals surface area contributed by atoms with E-state index in [9.17, 15) is 4.79 Å². The largest absolute Gasteiger partial charge is 0.457 e. The van der Waals surface area contributed by atoms with Crippen LogP contribution in [0.1, 0.15) is 23.2 Å². The van der Waals surface area contributed by atoms with Crippen molar-refractivity contribution in [2.75, 3.05) is 5.73 Å². The van der Waals surface area contributed by atoms with E-state index in [-0.39, 0.29) is 18.2 Å². The van der Waals surface area contributed by atoms with Crippen molar-refractivity contribution >= 4 is 11.7 Å². The van der Waals surface area contributed by atoms with Gasteiger partial charge in [0.1, 0.15) is 6.10 Å². The molecule has 1 saturated carbocycles. The van der Waals surface area contributed by atoms with Gasteiger partial charge in [-0.2, -0.15) is 0 Å². The molecular weight excluding hydrogens is 218 g/mol.